The summed E-state index contributed by atoms with van der Waals surface area (Å²) in [6.45, 7) is 1.74. The summed E-state index contributed by atoms with van der Waals surface area (Å²) in [4.78, 5) is 13.7. The predicted octanol–water partition coefficient (Wildman–Crippen LogP) is -0.185. The molecule has 0 bridgehead atoms. The van der Waals surface area contributed by atoms with Gasteiger partial charge >= 0.3 is 0 Å². The maximum Gasteiger partial charge on any atom is 0.139 e. The molecule has 0 aromatic carbocycles. The first-order valence-electron chi connectivity index (χ1n) is 2.33. The third-order valence-electron chi connectivity index (χ3n) is 0.794. The van der Waals surface area contributed by atoms with Gasteiger partial charge in [-0.2, -0.15) is 0 Å². The Labute approximate surface area is 56.0 Å². The van der Waals surface area contributed by atoms with E-state index in [0.717, 1.165) is 17.0 Å². The molecule has 3 nitrogen and oxygen atoms in total. The van der Waals surface area contributed by atoms with E-state index >= 15 is 0 Å². The van der Waals surface area contributed by atoms with Crippen molar-refractivity contribution in [2.45, 2.75) is 6.92 Å². The van der Waals surface area contributed by atoms with E-state index in [1.807, 2.05) is 0 Å². The number of carbonyl (C=O) groups excluding carboxylic acids is 1. The summed E-state index contributed by atoms with van der Waals surface area (Å²) < 4.78 is 0. The lowest BCUT2D eigenvalue weighted by Crippen LogP contribution is -2.21. The molecule has 0 saturated carbocycles. The Kier molecular flexibility index (Phi) is 1.48. The summed E-state index contributed by atoms with van der Waals surface area (Å²) in [5, 5.41) is 11.8. The number of aromatic carboxylic acids is 1. The van der Waals surface area contributed by atoms with E-state index in [1.165, 1.54) is 0 Å². The highest BCUT2D eigenvalue weighted by Crippen LogP contribution is 2.06. The number of thiazole rings is 1. The summed E-state index contributed by atoms with van der Waals surface area (Å²) in [5.41, 5.74) is 0.721. The van der Waals surface area contributed by atoms with E-state index in [2.05, 4.69) is 4.98 Å². The van der Waals surface area contributed by atoms with Crippen molar-refractivity contribution in [1.29, 1.82) is 0 Å². The Morgan fingerprint density at radius 3 is 2.78 bits per heavy atom. The van der Waals surface area contributed by atoms with Crippen molar-refractivity contribution in [3.8, 4) is 0 Å². The zero-order chi connectivity index (χ0) is 6.85. The van der Waals surface area contributed by atoms with Gasteiger partial charge in [-0.1, -0.05) is 0 Å². The molecule has 1 heterocycles. The fourth-order valence-electron chi connectivity index (χ4n) is 0.448. The Bertz CT molecular complexity index is 231. The predicted molar refractivity (Wildman–Crippen MR) is 31.2 cm³/mol. The Hall–Kier alpha value is -0.900. The van der Waals surface area contributed by atoms with Crippen molar-refractivity contribution in [1.82, 2.24) is 4.98 Å². The summed E-state index contributed by atoms with van der Waals surface area (Å²) in [6, 6.07) is 0. The molecule has 0 spiro atoms. The van der Waals surface area contributed by atoms with Crippen LogP contribution in [-0.4, -0.2) is 11.0 Å². The first kappa shape index (κ1) is 6.22. The molecule has 0 aliphatic carbocycles. The molecule has 4 heteroatoms. The van der Waals surface area contributed by atoms with E-state index in [1.54, 1.807) is 12.3 Å². The molecule has 0 aliphatic rings. The van der Waals surface area contributed by atoms with Crippen LogP contribution in [0.25, 0.3) is 0 Å². The Balaban J connectivity index is 2.98. The summed E-state index contributed by atoms with van der Waals surface area (Å²) in [6.07, 6.45) is 0. The number of carboxylic acids is 1. The fourth-order valence-corrected chi connectivity index (χ4v) is 1.08. The number of carbonyl (C=O) groups is 1. The van der Waals surface area contributed by atoms with Crippen LogP contribution in [0.2, 0.25) is 0 Å². The second kappa shape index (κ2) is 2.14. The molecule has 0 unspecified atom stereocenters. The average Bonchev–Trinajstić information content (AvgIpc) is 2.14. The molecule has 0 aliphatic heterocycles. The quantitative estimate of drug-likeness (QED) is 0.546. The van der Waals surface area contributed by atoms with E-state index < -0.39 is 5.97 Å². The van der Waals surface area contributed by atoms with E-state index in [-0.39, 0.29) is 5.01 Å². The normalized spacial score (nSPS) is 9.44. The first-order chi connectivity index (χ1) is 4.20. The van der Waals surface area contributed by atoms with Gasteiger partial charge in [0.2, 0.25) is 0 Å². The zero-order valence-corrected chi connectivity index (χ0v) is 5.57. The van der Waals surface area contributed by atoms with Gasteiger partial charge < -0.3 is 9.90 Å². The highest BCUT2D eigenvalue weighted by Gasteiger charge is 1.96. The van der Waals surface area contributed by atoms with Crippen molar-refractivity contribution in [3.05, 3.63) is 16.1 Å². The summed E-state index contributed by atoms with van der Waals surface area (Å²) >= 11 is 1.08. The Morgan fingerprint density at radius 2 is 2.56 bits per heavy atom. The third-order valence-corrected chi connectivity index (χ3v) is 1.73. The van der Waals surface area contributed by atoms with Crippen LogP contribution in [0.15, 0.2) is 5.38 Å². The van der Waals surface area contributed by atoms with Gasteiger partial charge in [0, 0.05) is 11.1 Å². The van der Waals surface area contributed by atoms with Crippen LogP contribution < -0.4 is 5.11 Å². The lowest BCUT2D eigenvalue weighted by Gasteiger charge is -1.90. The van der Waals surface area contributed by atoms with Gasteiger partial charge in [0.25, 0.3) is 0 Å². The lowest BCUT2D eigenvalue weighted by atomic mass is 10.6. The first-order valence-corrected chi connectivity index (χ1v) is 3.21. The molecule has 48 valence electrons. The molecule has 9 heavy (non-hydrogen) atoms. The molecule has 1 aromatic rings. The van der Waals surface area contributed by atoms with Crippen molar-refractivity contribution in [2.75, 3.05) is 0 Å². The van der Waals surface area contributed by atoms with Crippen LogP contribution in [0.1, 0.15) is 15.5 Å². The minimum atomic E-state index is -1.20. The third kappa shape index (κ3) is 1.26. The van der Waals surface area contributed by atoms with Crippen LogP contribution >= 0.6 is 11.3 Å². The topological polar surface area (TPSA) is 53.0 Å². The fraction of sp³-hybridized carbons (Fsp3) is 0.200. The Morgan fingerprint density at radius 1 is 1.89 bits per heavy atom. The van der Waals surface area contributed by atoms with Gasteiger partial charge in [0.05, 0.1) is 0 Å². The van der Waals surface area contributed by atoms with Crippen molar-refractivity contribution in [2.24, 2.45) is 0 Å². The van der Waals surface area contributed by atoms with Crippen LogP contribution in [0.5, 0.6) is 0 Å². The second-order valence-corrected chi connectivity index (χ2v) is 2.44. The number of aryl methyl sites for hydroxylation is 1. The number of rotatable bonds is 1. The number of carboxylic acid groups (broad SMARTS) is 1. The highest BCUT2D eigenvalue weighted by molar-refractivity contribution is 7.11. The number of hydrogen-bond acceptors (Lipinski definition) is 4. The molecular weight excluding hydrogens is 138 g/mol. The largest absolute Gasteiger partial charge is 0.542 e. The molecule has 0 atom stereocenters. The molecule has 0 amide bonds. The monoisotopic (exact) mass is 142 g/mol. The van der Waals surface area contributed by atoms with Crippen LogP contribution in [0, 0.1) is 6.92 Å². The molecule has 1 aromatic heterocycles. The SMILES string of the molecule is Cc1csc(C(=O)[O-])n1. The smallest absolute Gasteiger partial charge is 0.139 e. The van der Waals surface area contributed by atoms with Gasteiger partial charge in [0.1, 0.15) is 11.0 Å². The van der Waals surface area contributed by atoms with E-state index in [4.69, 9.17) is 0 Å². The highest BCUT2D eigenvalue weighted by atomic mass is 32.1. The molecular formula is C5H4NO2S-. The summed E-state index contributed by atoms with van der Waals surface area (Å²) in [7, 11) is 0. The van der Waals surface area contributed by atoms with E-state index in [0.29, 0.717) is 0 Å². The van der Waals surface area contributed by atoms with Gasteiger partial charge in [-0.3, -0.25) is 0 Å². The van der Waals surface area contributed by atoms with E-state index in [9.17, 15) is 9.90 Å². The zero-order valence-electron chi connectivity index (χ0n) is 4.75. The van der Waals surface area contributed by atoms with Crippen LogP contribution in [-0.2, 0) is 0 Å². The van der Waals surface area contributed by atoms with Crippen molar-refractivity contribution < 1.29 is 9.90 Å². The molecule has 0 radical (unpaired) electrons. The van der Waals surface area contributed by atoms with Gasteiger partial charge in [-0.05, 0) is 6.92 Å². The minimum absolute atomic E-state index is 0.0486. The van der Waals surface area contributed by atoms with Gasteiger partial charge in [0.15, 0.2) is 0 Å². The standard InChI is InChI=1S/C5H5NO2S/c1-3-2-9-4(6-3)5(7)8/h2H,1H3,(H,7,8)/p-1. The molecule has 0 saturated heterocycles. The average molecular weight is 142 g/mol. The summed E-state index contributed by atoms with van der Waals surface area (Å²) in [5.74, 6) is -1.20. The molecule has 0 fully saturated rings. The lowest BCUT2D eigenvalue weighted by molar-refractivity contribution is -0.255. The van der Waals surface area contributed by atoms with Crippen LogP contribution in [0.4, 0.5) is 0 Å². The number of aromatic nitrogens is 1. The number of nitrogens with zero attached hydrogens (tertiary/aromatic N) is 1. The second-order valence-electron chi connectivity index (χ2n) is 1.58. The number of hydrogen-bond donors (Lipinski definition) is 0. The molecule has 0 N–H and O–H groups in total. The minimum Gasteiger partial charge on any atom is -0.542 e. The van der Waals surface area contributed by atoms with Crippen molar-refractivity contribution >= 4 is 17.3 Å². The van der Waals surface area contributed by atoms with Gasteiger partial charge in [-0.15, -0.1) is 11.3 Å². The van der Waals surface area contributed by atoms with Crippen molar-refractivity contribution in [3.63, 3.8) is 0 Å². The maximum atomic E-state index is 10.1. The molecule has 1 rings (SSSR count). The van der Waals surface area contributed by atoms with Gasteiger partial charge in [-0.25, -0.2) is 4.98 Å². The van der Waals surface area contributed by atoms with Crippen LogP contribution in [0.3, 0.4) is 0 Å². The maximum absolute atomic E-state index is 10.1.